The molecule has 1 N–H and O–H groups in total. The van der Waals surface area contributed by atoms with Crippen LogP contribution >= 0.6 is 0 Å². The van der Waals surface area contributed by atoms with Crippen molar-refractivity contribution in [2.24, 2.45) is 5.92 Å². The van der Waals surface area contributed by atoms with E-state index in [1.807, 2.05) is 6.07 Å². The van der Waals surface area contributed by atoms with Gasteiger partial charge in [-0.2, -0.15) is 0 Å². The van der Waals surface area contributed by atoms with Crippen LogP contribution < -0.4 is 10.2 Å². The molecule has 1 heterocycles. The Kier molecular flexibility index (Phi) is 4.39. The molecule has 2 rings (SSSR count). The van der Waals surface area contributed by atoms with Gasteiger partial charge in [-0.05, 0) is 38.5 Å². The molecule has 1 aliphatic carbocycles. The average molecular weight is 248 g/mol. The number of aromatic nitrogens is 2. The molecule has 4 nitrogen and oxygen atoms in total. The monoisotopic (exact) mass is 248 g/mol. The van der Waals surface area contributed by atoms with Gasteiger partial charge < -0.3 is 10.2 Å². The van der Waals surface area contributed by atoms with E-state index in [1.165, 1.54) is 25.7 Å². The first-order valence-electron chi connectivity index (χ1n) is 6.99. The van der Waals surface area contributed by atoms with E-state index in [-0.39, 0.29) is 0 Å². The second-order valence-corrected chi connectivity index (χ2v) is 5.32. The Bertz CT molecular complexity index is 372. The third kappa shape index (κ3) is 3.12. The van der Waals surface area contributed by atoms with Crippen molar-refractivity contribution >= 4 is 11.6 Å². The Morgan fingerprint density at radius 3 is 2.67 bits per heavy atom. The van der Waals surface area contributed by atoms with Crippen molar-refractivity contribution in [1.29, 1.82) is 0 Å². The molecular formula is C14H24N4. The van der Waals surface area contributed by atoms with Gasteiger partial charge >= 0.3 is 0 Å². The molecular weight excluding hydrogens is 224 g/mol. The zero-order valence-corrected chi connectivity index (χ0v) is 11.7. The van der Waals surface area contributed by atoms with Crippen molar-refractivity contribution in [3.05, 3.63) is 12.4 Å². The van der Waals surface area contributed by atoms with Crippen LogP contribution in [-0.2, 0) is 0 Å². The number of nitrogens with zero attached hydrogens (tertiary/aromatic N) is 3. The van der Waals surface area contributed by atoms with E-state index < -0.39 is 0 Å². The number of hydrogen-bond donors (Lipinski definition) is 1. The van der Waals surface area contributed by atoms with Crippen LogP contribution in [0.2, 0.25) is 0 Å². The number of hydrogen-bond acceptors (Lipinski definition) is 4. The van der Waals surface area contributed by atoms with Crippen LogP contribution in [0.4, 0.5) is 11.6 Å². The van der Waals surface area contributed by atoms with E-state index in [9.17, 15) is 0 Å². The largest absolute Gasteiger partial charge is 0.370 e. The minimum absolute atomic E-state index is 0.630. The van der Waals surface area contributed by atoms with Crippen LogP contribution in [0.15, 0.2) is 12.4 Å². The number of rotatable bonds is 4. The highest BCUT2D eigenvalue weighted by molar-refractivity contribution is 5.48. The molecule has 0 radical (unpaired) electrons. The van der Waals surface area contributed by atoms with E-state index in [0.29, 0.717) is 6.04 Å². The van der Waals surface area contributed by atoms with E-state index >= 15 is 0 Å². The van der Waals surface area contributed by atoms with Gasteiger partial charge in [0.1, 0.15) is 18.0 Å². The molecule has 0 aliphatic heterocycles. The maximum atomic E-state index is 4.39. The molecule has 0 saturated heterocycles. The predicted molar refractivity (Wildman–Crippen MR) is 76.0 cm³/mol. The molecule has 0 bridgehead atoms. The topological polar surface area (TPSA) is 41.0 Å². The zero-order chi connectivity index (χ0) is 13.0. The molecule has 0 unspecified atom stereocenters. The van der Waals surface area contributed by atoms with Crippen LogP contribution in [0.1, 0.15) is 39.5 Å². The highest BCUT2D eigenvalue weighted by Crippen LogP contribution is 2.28. The highest BCUT2D eigenvalue weighted by Gasteiger charge is 2.22. The fraction of sp³-hybridized carbons (Fsp3) is 0.714. The number of anilines is 2. The molecule has 100 valence electrons. The van der Waals surface area contributed by atoms with Gasteiger partial charge in [0, 0.05) is 25.7 Å². The van der Waals surface area contributed by atoms with E-state index in [0.717, 1.165) is 24.1 Å². The minimum atomic E-state index is 0.630. The highest BCUT2D eigenvalue weighted by atomic mass is 15.2. The first-order valence-corrected chi connectivity index (χ1v) is 6.99. The van der Waals surface area contributed by atoms with Gasteiger partial charge in [0.15, 0.2) is 0 Å². The quantitative estimate of drug-likeness (QED) is 0.889. The molecule has 1 aromatic rings. The molecule has 0 amide bonds. The summed E-state index contributed by atoms with van der Waals surface area (Å²) in [5, 5.41) is 3.23. The van der Waals surface area contributed by atoms with Crippen molar-refractivity contribution in [2.45, 2.75) is 45.6 Å². The fourth-order valence-corrected chi connectivity index (χ4v) is 2.63. The molecule has 1 saturated carbocycles. The van der Waals surface area contributed by atoms with E-state index in [1.54, 1.807) is 6.33 Å². The number of nitrogens with one attached hydrogen (secondary N) is 1. The first kappa shape index (κ1) is 13.1. The summed E-state index contributed by atoms with van der Waals surface area (Å²) in [4.78, 5) is 10.9. The van der Waals surface area contributed by atoms with Crippen LogP contribution in [0.5, 0.6) is 0 Å². The summed E-state index contributed by atoms with van der Waals surface area (Å²) in [7, 11) is 2.15. The fourth-order valence-electron chi connectivity index (χ4n) is 2.63. The van der Waals surface area contributed by atoms with Gasteiger partial charge in [0.2, 0.25) is 0 Å². The lowest BCUT2D eigenvalue weighted by Gasteiger charge is -2.34. The van der Waals surface area contributed by atoms with Gasteiger partial charge in [0.05, 0.1) is 0 Å². The smallest absolute Gasteiger partial charge is 0.134 e. The van der Waals surface area contributed by atoms with Crippen LogP contribution in [0.25, 0.3) is 0 Å². The van der Waals surface area contributed by atoms with Gasteiger partial charge in [-0.3, -0.25) is 0 Å². The van der Waals surface area contributed by atoms with Crippen molar-refractivity contribution in [3.8, 4) is 0 Å². The van der Waals surface area contributed by atoms with E-state index in [4.69, 9.17) is 0 Å². The summed E-state index contributed by atoms with van der Waals surface area (Å²) in [6, 6.07) is 2.67. The summed E-state index contributed by atoms with van der Waals surface area (Å²) >= 11 is 0. The van der Waals surface area contributed by atoms with Crippen molar-refractivity contribution in [3.63, 3.8) is 0 Å². The van der Waals surface area contributed by atoms with Gasteiger partial charge in [-0.15, -0.1) is 0 Å². The van der Waals surface area contributed by atoms with E-state index in [2.05, 4.69) is 41.1 Å². The van der Waals surface area contributed by atoms with Gasteiger partial charge in [-0.25, -0.2) is 9.97 Å². The molecule has 4 heteroatoms. The van der Waals surface area contributed by atoms with Gasteiger partial charge in [-0.1, -0.05) is 6.92 Å². The van der Waals surface area contributed by atoms with Crippen molar-refractivity contribution < 1.29 is 0 Å². The summed E-state index contributed by atoms with van der Waals surface area (Å²) < 4.78 is 0. The molecule has 18 heavy (non-hydrogen) atoms. The van der Waals surface area contributed by atoms with Crippen molar-refractivity contribution in [1.82, 2.24) is 9.97 Å². The molecule has 1 aliphatic rings. The minimum Gasteiger partial charge on any atom is -0.370 e. The van der Waals surface area contributed by atoms with Crippen LogP contribution in [0, 0.1) is 5.92 Å². The lowest BCUT2D eigenvalue weighted by Crippen LogP contribution is -2.35. The average Bonchev–Trinajstić information content (AvgIpc) is 2.39. The Morgan fingerprint density at radius 1 is 1.28 bits per heavy atom. The van der Waals surface area contributed by atoms with Crippen molar-refractivity contribution in [2.75, 3.05) is 23.8 Å². The lowest BCUT2D eigenvalue weighted by atomic mass is 9.87. The summed E-state index contributed by atoms with van der Waals surface area (Å²) in [5.74, 6) is 2.83. The van der Waals surface area contributed by atoms with Crippen LogP contribution in [-0.4, -0.2) is 29.6 Å². The lowest BCUT2D eigenvalue weighted by molar-refractivity contribution is 0.340. The van der Waals surface area contributed by atoms with Crippen LogP contribution in [0.3, 0.4) is 0 Å². The maximum Gasteiger partial charge on any atom is 0.134 e. The molecule has 0 aromatic carbocycles. The Morgan fingerprint density at radius 2 is 2.00 bits per heavy atom. The maximum absolute atomic E-state index is 4.39. The first-order chi connectivity index (χ1) is 8.70. The third-order valence-electron chi connectivity index (χ3n) is 3.91. The standard InChI is InChI=1S/C14H24N4/c1-4-15-13-9-14(17-10-16-13)18(3)12-7-5-11(2)6-8-12/h9-12H,4-8H2,1-3H3,(H,15,16,17). The Balaban J connectivity index is 2.03. The molecule has 0 spiro atoms. The summed E-state index contributed by atoms with van der Waals surface area (Å²) in [6.45, 7) is 5.32. The summed E-state index contributed by atoms with van der Waals surface area (Å²) in [5.41, 5.74) is 0. The zero-order valence-electron chi connectivity index (χ0n) is 11.7. The Hall–Kier alpha value is -1.32. The molecule has 0 atom stereocenters. The summed E-state index contributed by atoms with van der Waals surface area (Å²) in [6.07, 6.45) is 6.87. The molecule has 1 fully saturated rings. The Labute approximate surface area is 110 Å². The van der Waals surface area contributed by atoms with Gasteiger partial charge in [0.25, 0.3) is 0 Å². The second-order valence-electron chi connectivity index (χ2n) is 5.32. The third-order valence-corrected chi connectivity index (χ3v) is 3.91. The normalized spacial score (nSPS) is 23.7. The second kappa shape index (κ2) is 6.03. The SMILES string of the molecule is CCNc1cc(N(C)C2CCC(C)CC2)ncn1. The molecule has 1 aromatic heterocycles. The predicted octanol–water partition coefficient (Wildman–Crippen LogP) is 2.92.